The summed E-state index contributed by atoms with van der Waals surface area (Å²) in [5.41, 5.74) is 0.253. The number of imidazole rings is 1. The van der Waals surface area contributed by atoms with Crippen molar-refractivity contribution in [3.8, 4) is 0 Å². The maximum absolute atomic E-state index is 13.2. The van der Waals surface area contributed by atoms with Crippen LogP contribution in [-0.2, 0) is 31.4 Å². The van der Waals surface area contributed by atoms with Crippen molar-refractivity contribution in [1.29, 1.82) is 0 Å². The number of carboxylic acids is 1. The molecule has 31 heavy (non-hydrogen) atoms. The second-order valence-corrected chi connectivity index (χ2v) is 8.59. The highest BCUT2D eigenvalue weighted by molar-refractivity contribution is 5.71. The molecule has 3 rings (SSSR count). The maximum atomic E-state index is 13.2. The van der Waals surface area contributed by atoms with E-state index in [1.54, 1.807) is 4.57 Å². The molecule has 0 atom stereocenters. The topological polar surface area (TPSA) is 111 Å². The first-order valence-corrected chi connectivity index (χ1v) is 11.6. The highest BCUT2D eigenvalue weighted by Crippen LogP contribution is 2.20. The first-order valence-electron chi connectivity index (χ1n) is 11.6. The van der Waals surface area contributed by atoms with Gasteiger partial charge in [0.2, 0.25) is 0 Å². The fourth-order valence-corrected chi connectivity index (χ4v) is 4.43. The van der Waals surface area contributed by atoms with Crippen LogP contribution in [0.2, 0.25) is 0 Å². The van der Waals surface area contributed by atoms with Gasteiger partial charge in [-0.05, 0) is 57.5 Å². The van der Waals surface area contributed by atoms with Gasteiger partial charge in [0.15, 0.2) is 5.52 Å². The Bertz CT molecular complexity index is 1010. The number of fused-ring (bicyclic) bond motifs is 1. The summed E-state index contributed by atoms with van der Waals surface area (Å²) >= 11 is 0. The van der Waals surface area contributed by atoms with Gasteiger partial charge >= 0.3 is 11.7 Å². The van der Waals surface area contributed by atoms with Crippen LogP contribution in [0.5, 0.6) is 0 Å². The summed E-state index contributed by atoms with van der Waals surface area (Å²) in [6.07, 6.45) is 6.84. The smallest absolute Gasteiger partial charge is 0.332 e. The van der Waals surface area contributed by atoms with Crippen LogP contribution < -0.4 is 16.6 Å². The van der Waals surface area contributed by atoms with E-state index >= 15 is 0 Å². The number of carboxylic acid groups (broad SMARTS) is 1. The predicted octanol–water partition coefficient (Wildman–Crippen LogP) is 1.88. The van der Waals surface area contributed by atoms with E-state index in [0.29, 0.717) is 36.5 Å². The Kier molecular flexibility index (Phi) is 8.06. The molecule has 172 valence electrons. The summed E-state index contributed by atoms with van der Waals surface area (Å²) in [7, 11) is 1.89. The molecule has 2 aromatic heterocycles. The highest BCUT2D eigenvalue weighted by Gasteiger charge is 2.21. The average Bonchev–Trinajstić information content (AvgIpc) is 3.09. The molecule has 9 nitrogen and oxygen atoms in total. The number of aromatic nitrogens is 4. The molecular formula is C22H35N5O4. The van der Waals surface area contributed by atoms with Gasteiger partial charge in [0.25, 0.3) is 5.56 Å². The molecule has 0 bridgehead atoms. The summed E-state index contributed by atoms with van der Waals surface area (Å²) in [4.78, 5) is 41.7. The van der Waals surface area contributed by atoms with Crippen LogP contribution in [0.1, 0.15) is 64.1 Å². The second kappa shape index (κ2) is 10.7. The Morgan fingerprint density at radius 3 is 2.52 bits per heavy atom. The summed E-state index contributed by atoms with van der Waals surface area (Å²) < 4.78 is 4.84. The molecule has 2 aromatic rings. The van der Waals surface area contributed by atoms with Crippen molar-refractivity contribution in [2.24, 2.45) is 13.0 Å². The van der Waals surface area contributed by atoms with E-state index in [0.717, 1.165) is 57.4 Å². The van der Waals surface area contributed by atoms with Crippen molar-refractivity contribution in [2.45, 2.75) is 77.8 Å². The summed E-state index contributed by atoms with van der Waals surface area (Å²) in [6.45, 7) is 4.92. The van der Waals surface area contributed by atoms with Gasteiger partial charge in [-0.15, -0.1) is 0 Å². The van der Waals surface area contributed by atoms with Crippen molar-refractivity contribution >= 4 is 17.1 Å². The van der Waals surface area contributed by atoms with Gasteiger partial charge in [-0.3, -0.25) is 18.7 Å². The zero-order chi connectivity index (χ0) is 22.4. The lowest BCUT2D eigenvalue weighted by Gasteiger charge is -2.22. The summed E-state index contributed by atoms with van der Waals surface area (Å²) in [5, 5.41) is 12.2. The highest BCUT2D eigenvalue weighted by atomic mass is 16.4. The summed E-state index contributed by atoms with van der Waals surface area (Å²) in [5.74, 6) is 0.638. The molecule has 9 heteroatoms. The van der Waals surface area contributed by atoms with Gasteiger partial charge in [0.05, 0.1) is 0 Å². The molecule has 3 heterocycles. The number of unbranched alkanes of at least 4 members (excludes halogenated alkanes) is 2. The lowest BCUT2D eigenvalue weighted by molar-refractivity contribution is -0.137. The molecular weight excluding hydrogens is 398 g/mol. The van der Waals surface area contributed by atoms with Crippen molar-refractivity contribution in [1.82, 2.24) is 24.0 Å². The lowest BCUT2D eigenvalue weighted by Crippen LogP contribution is -2.40. The van der Waals surface area contributed by atoms with E-state index in [2.05, 4.69) is 17.2 Å². The fourth-order valence-electron chi connectivity index (χ4n) is 4.43. The minimum atomic E-state index is -0.869. The van der Waals surface area contributed by atoms with E-state index in [9.17, 15) is 14.4 Å². The van der Waals surface area contributed by atoms with E-state index in [-0.39, 0.29) is 24.2 Å². The molecule has 2 N–H and O–H groups in total. The Balaban J connectivity index is 1.93. The van der Waals surface area contributed by atoms with Gasteiger partial charge in [-0.1, -0.05) is 13.3 Å². The summed E-state index contributed by atoms with van der Waals surface area (Å²) in [6, 6.07) is 0. The van der Waals surface area contributed by atoms with E-state index in [1.165, 1.54) is 4.57 Å². The number of nitrogens with zero attached hydrogens (tertiary/aromatic N) is 4. The molecule has 1 aliphatic rings. The van der Waals surface area contributed by atoms with E-state index in [4.69, 9.17) is 5.11 Å². The van der Waals surface area contributed by atoms with Crippen LogP contribution in [0.15, 0.2) is 9.59 Å². The first kappa shape index (κ1) is 23.2. The number of piperidine rings is 1. The number of hydrogen-bond acceptors (Lipinski definition) is 5. The van der Waals surface area contributed by atoms with Crippen molar-refractivity contribution < 1.29 is 9.90 Å². The Morgan fingerprint density at radius 2 is 1.84 bits per heavy atom. The minimum absolute atomic E-state index is 0.0332. The van der Waals surface area contributed by atoms with Gasteiger partial charge in [0, 0.05) is 33.0 Å². The number of hydrogen-bond donors (Lipinski definition) is 2. The fraction of sp³-hybridized carbons (Fsp3) is 0.727. The quantitative estimate of drug-likeness (QED) is 0.524. The average molecular weight is 434 g/mol. The minimum Gasteiger partial charge on any atom is -0.481 e. The molecule has 1 aliphatic heterocycles. The van der Waals surface area contributed by atoms with E-state index in [1.807, 2.05) is 11.6 Å². The molecule has 1 fully saturated rings. The standard InChI is InChI=1S/C22H35N5O4/c1-3-4-14-26-20-19(21(30)27(22(26)31)15-6-5-7-18(28)29)24-17(25(20)2)9-8-16-10-12-23-13-11-16/h16,23H,3-15H2,1-2H3,(H,28,29). The third-order valence-corrected chi connectivity index (χ3v) is 6.32. The molecule has 0 aromatic carbocycles. The van der Waals surface area contributed by atoms with Crippen LogP contribution in [-0.4, -0.2) is 42.9 Å². The largest absolute Gasteiger partial charge is 0.481 e. The number of aryl methyl sites for hydroxylation is 3. The third kappa shape index (κ3) is 5.44. The molecule has 1 saturated heterocycles. The van der Waals surface area contributed by atoms with Crippen molar-refractivity contribution in [3.63, 3.8) is 0 Å². The third-order valence-electron chi connectivity index (χ3n) is 6.32. The van der Waals surface area contributed by atoms with Gasteiger partial charge in [-0.2, -0.15) is 0 Å². The van der Waals surface area contributed by atoms with Crippen molar-refractivity contribution in [3.05, 3.63) is 26.7 Å². The van der Waals surface area contributed by atoms with Gasteiger partial charge < -0.3 is 15.0 Å². The van der Waals surface area contributed by atoms with Crippen LogP contribution in [0.3, 0.4) is 0 Å². The van der Waals surface area contributed by atoms with E-state index < -0.39 is 5.97 Å². The number of rotatable bonds is 11. The molecule has 0 unspecified atom stereocenters. The maximum Gasteiger partial charge on any atom is 0.332 e. The number of aliphatic carboxylic acids is 1. The molecule has 0 spiro atoms. The lowest BCUT2D eigenvalue weighted by atomic mass is 9.93. The van der Waals surface area contributed by atoms with Crippen LogP contribution in [0, 0.1) is 5.92 Å². The number of nitrogens with one attached hydrogen (secondary N) is 1. The normalized spacial score (nSPS) is 15.0. The Labute approximate surface area is 182 Å². The first-order chi connectivity index (χ1) is 14.9. The zero-order valence-corrected chi connectivity index (χ0v) is 18.7. The Morgan fingerprint density at radius 1 is 1.13 bits per heavy atom. The van der Waals surface area contributed by atoms with Crippen molar-refractivity contribution in [2.75, 3.05) is 13.1 Å². The molecule has 0 radical (unpaired) electrons. The molecule has 0 amide bonds. The SMILES string of the molecule is CCCCn1c(=O)n(CCCCC(=O)O)c(=O)c2nc(CCC3CCNCC3)n(C)c21. The molecule has 0 saturated carbocycles. The number of carbonyl (C=O) groups is 1. The van der Waals surface area contributed by atoms with Crippen LogP contribution in [0.25, 0.3) is 11.2 Å². The molecule has 0 aliphatic carbocycles. The zero-order valence-electron chi connectivity index (χ0n) is 18.7. The second-order valence-electron chi connectivity index (χ2n) is 8.59. The van der Waals surface area contributed by atoms with Crippen LogP contribution >= 0.6 is 0 Å². The Hall–Kier alpha value is -2.42. The van der Waals surface area contributed by atoms with Crippen LogP contribution in [0.4, 0.5) is 0 Å². The van der Waals surface area contributed by atoms with Gasteiger partial charge in [0.1, 0.15) is 11.5 Å². The predicted molar refractivity (Wildman–Crippen MR) is 120 cm³/mol. The van der Waals surface area contributed by atoms with Gasteiger partial charge in [-0.25, -0.2) is 9.78 Å². The monoisotopic (exact) mass is 433 g/mol.